The van der Waals surface area contributed by atoms with Crippen LogP contribution in [0.1, 0.15) is 100 Å². The van der Waals surface area contributed by atoms with Crippen molar-refractivity contribution in [1.82, 2.24) is 41.3 Å². The Labute approximate surface area is 546 Å². The number of ether oxygens (including phenoxy) is 1. The molecule has 31 heteroatoms. The summed E-state index contributed by atoms with van der Waals surface area (Å²) in [6.45, 7) is 10.8. The number of rotatable bonds is 15. The number of anilines is 1. The average Bonchev–Trinajstić information content (AvgIpc) is 1.54. The number of aromatic hydroxyl groups is 1. The van der Waals surface area contributed by atoms with E-state index >= 15 is 0 Å². The number of β-amino-alcohol motifs (C(OH)–C–C–N with tert-alkyl or cyclic N) is 1. The number of piperazine rings is 1. The van der Waals surface area contributed by atoms with Gasteiger partial charge in [0, 0.05) is 95.4 Å². The van der Waals surface area contributed by atoms with Gasteiger partial charge in [0.2, 0.25) is 53.1 Å². The van der Waals surface area contributed by atoms with Crippen LogP contribution in [0.3, 0.4) is 0 Å². The Balaban J connectivity index is 0.0000115. The fraction of sp³-hybridized carbons (Fsp3) is 0.661. The van der Waals surface area contributed by atoms with Crippen LogP contribution in [0.15, 0.2) is 47.4 Å². The van der Waals surface area contributed by atoms with Crippen LogP contribution in [0.4, 0.5) is 5.69 Å². The van der Waals surface area contributed by atoms with Crippen LogP contribution in [-0.2, 0) is 60.4 Å². The van der Waals surface area contributed by atoms with Crippen molar-refractivity contribution in [3.05, 3.63) is 65.0 Å². The number of amides is 7. The van der Waals surface area contributed by atoms with E-state index in [1.54, 1.807) is 24.3 Å². The minimum absolute atomic E-state index is 0. The van der Waals surface area contributed by atoms with Crippen molar-refractivity contribution in [3.63, 3.8) is 0 Å². The number of phenolic OH excluding ortho intramolecular Hbond substituents is 1. The molecule has 7 amide bonds. The molecule has 14 atom stereocenters. The Kier molecular flexibility index (Phi) is 25.9. The third kappa shape index (κ3) is 17.0. The molecule has 4 saturated heterocycles. The van der Waals surface area contributed by atoms with E-state index < -0.39 is 181 Å². The van der Waals surface area contributed by atoms with Crippen molar-refractivity contribution < 1.29 is 122 Å². The number of fused-ring (bicyclic) bond motifs is 2. The molecule has 0 aromatic heterocycles. The second-order valence-electron chi connectivity index (χ2n) is 24.4. The molecule has 6 aliphatic rings. The van der Waals surface area contributed by atoms with Crippen molar-refractivity contribution in [2.75, 3.05) is 64.4 Å². The van der Waals surface area contributed by atoms with E-state index in [2.05, 4.69) is 50.6 Å². The summed E-state index contributed by atoms with van der Waals surface area (Å²) >= 11 is -2.72. The van der Waals surface area contributed by atoms with Gasteiger partial charge in [0.15, 0.2) is 6.10 Å². The molecule has 2 aromatic carbocycles. The molecule has 2 aromatic rings. The predicted octanol–water partition coefficient (Wildman–Crippen LogP) is -6.46. The van der Waals surface area contributed by atoms with Gasteiger partial charge in [0.05, 0.1) is 36.1 Å². The Morgan fingerprint density at radius 1 is 0.811 bits per heavy atom. The molecule has 6 fully saturated rings. The van der Waals surface area contributed by atoms with Gasteiger partial charge in [0.25, 0.3) is 5.91 Å². The first-order chi connectivity index (χ1) is 42.5. The first-order valence-electron chi connectivity index (χ1n) is 30.3. The van der Waals surface area contributed by atoms with Crippen molar-refractivity contribution in [3.8, 4) is 5.75 Å². The molecule has 29 nitrogen and oxygen atoms in total. The first-order valence-corrected chi connectivity index (χ1v) is 31.4. The van der Waals surface area contributed by atoms with Crippen LogP contribution in [0.2, 0.25) is 0 Å². The summed E-state index contributed by atoms with van der Waals surface area (Å²) in [5.74, 6) is -8.87. The zero-order valence-corrected chi connectivity index (χ0v) is 53.8. The number of benzene rings is 2. The molecule has 90 heavy (non-hydrogen) atoms. The van der Waals surface area contributed by atoms with Crippen molar-refractivity contribution in [2.24, 2.45) is 11.8 Å². The summed E-state index contributed by atoms with van der Waals surface area (Å²) in [6.07, 6.45) is -1.88. The van der Waals surface area contributed by atoms with Crippen LogP contribution in [0.25, 0.3) is 4.85 Å². The van der Waals surface area contributed by atoms with Crippen molar-refractivity contribution in [2.45, 2.75) is 180 Å². The normalized spacial score (nSPS) is 31.2. The number of hydrogen-bond donors (Lipinski definition) is 12. The van der Waals surface area contributed by atoms with Gasteiger partial charge < -0.3 is 91.9 Å². The van der Waals surface area contributed by atoms with E-state index in [9.17, 15) is 78.8 Å². The molecule has 0 bridgehead atoms. The maximum atomic E-state index is 14.6. The first kappa shape index (κ1) is 72.0. The molecule has 4 heterocycles. The van der Waals surface area contributed by atoms with E-state index in [1.165, 1.54) is 45.1 Å². The molecule has 12 N–H and O–H groups in total. The zero-order chi connectivity index (χ0) is 64.4. The number of carbonyl (C=O) groups excluding carboxylic acids is 7. The Morgan fingerprint density at radius 2 is 1.46 bits per heavy atom. The Hall–Kier alpha value is -5.47. The number of methoxy groups -OCH3 is 1. The summed E-state index contributed by atoms with van der Waals surface area (Å²) in [4.78, 5) is 110. The molecule has 8 rings (SSSR count). The molecule has 0 spiro atoms. The number of nitrogens with one attached hydrogen (secondary N) is 5. The second kappa shape index (κ2) is 32.4. The van der Waals surface area contributed by atoms with Gasteiger partial charge in [-0.2, -0.15) is 0 Å². The predicted molar refractivity (Wildman–Crippen MR) is 312 cm³/mol. The van der Waals surface area contributed by atoms with Crippen LogP contribution >= 0.6 is 0 Å². The van der Waals surface area contributed by atoms with Crippen molar-refractivity contribution in [1.29, 1.82) is 0 Å². The molecule has 8 unspecified atom stereocenters. The van der Waals surface area contributed by atoms with Gasteiger partial charge >= 0.3 is 29.6 Å². The van der Waals surface area contributed by atoms with Gasteiger partial charge in [-0.1, -0.05) is 32.3 Å². The minimum Gasteiger partial charge on any atom is -0.691 e. The average molecular weight is 1290 g/mol. The monoisotopic (exact) mass is 1290 g/mol. The largest absolute Gasteiger partial charge is 1.00 e. The minimum atomic E-state index is -2.72. The molecular formula is C59H83N10NaO19S. The third-order valence-corrected chi connectivity index (χ3v) is 19.5. The standard InChI is InChI=1S/C59H84N10O19S.Na/c1-32-30-69-50(51(32)76)56(81)61-28-39(71)26-41(62-52(77)35-11-13-37(14-12-35)66-20-22-67(23-21-66)38-16-18-59(86-4,19-17-38)36-8-6-5-7-9-36)53(78)63-47(33(2)70)57(82)68-31-40(72)27-42(68)54(79)64-48(55(80)65-49(58(69)83)45(75)29-60-3)44(74)24-34-10-15-43(73)46(25-34)89(85)88-87-84;/h10-15,25,32-33,36,38-42,44-45,47-51,70-76,84H,5-9,16-24,26-31H2,1-2,4H3,(H,61,81)(H,62,77)(H,63,78)(H,64,79)(H,65,80);/q;+1/p-1/t32?,33?,38?,39-,40?,41-,42?,44+,45+,47?,48?,49-,50?,51-,59?,89?;/m0./s1. The van der Waals surface area contributed by atoms with E-state index in [1.807, 2.05) is 7.11 Å². The number of aliphatic hydroxyl groups excluding tert-OH is 6. The summed E-state index contributed by atoms with van der Waals surface area (Å²) < 4.78 is 22.9. The summed E-state index contributed by atoms with van der Waals surface area (Å²) in [5, 5.41) is 104. The van der Waals surface area contributed by atoms with E-state index in [-0.39, 0.29) is 52.8 Å². The van der Waals surface area contributed by atoms with Gasteiger partial charge in [-0.05, 0) is 93.3 Å². The molecule has 0 radical (unpaired) electrons. The number of hydrogen-bond acceptors (Lipinski definition) is 21. The van der Waals surface area contributed by atoms with E-state index in [4.69, 9.17) is 11.3 Å². The fourth-order valence-corrected chi connectivity index (χ4v) is 14.2. The molecule has 2 aliphatic carbocycles. The molecule has 2 saturated carbocycles. The fourth-order valence-electron chi connectivity index (χ4n) is 13.6. The Morgan fingerprint density at radius 3 is 2.09 bits per heavy atom. The number of phenols is 1. The van der Waals surface area contributed by atoms with Gasteiger partial charge in [-0.15, -0.1) is 4.33 Å². The molecular weight excluding hydrogens is 1210 g/mol. The number of aliphatic hydroxyl groups is 6. The molecule has 490 valence electrons. The van der Waals surface area contributed by atoms with E-state index in [0.717, 1.165) is 86.4 Å². The molecule has 4 aliphatic heterocycles. The van der Waals surface area contributed by atoms with Crippen LogP contribution in [0, 0.1) is 18.4 Å². The zero-order valence-electron chi connectivity index (χ0n) is 51.0. The summed E-state index contributed by atoms with van der Waals surface area (Å²) in [6, 6.07) is -1.15. The Bertz CT molecular complexity index is 2910. The SMILES string of the molecule is [C-]#[N+]C[C@@H](O)[C@@H]1NC(=O)C([C@H](O)Cc2ccc(O)c(S(=O)OO[O-])c2)NC(=O)C2CC(O)CN2C(=O)C(C(C)O)NC(=O)[C@@H](NC(=O)c2ccc(N3CCN(C4CCC(OC)(C5CCCCC5)CC4)CC3)cc2)C[C@H](O)CNC(=O)C2[C@@H](O)C(C)CN2C1=O.[Na+]. The smallest absolute Gasteiger partial charge is 0.691 e. The van der Waals surface area contributed by atoms with Crippen molar-refractivity contribution >= 4 is 58.1 Å². The van der Waals surface area contributed by atoms with Crippen LogP contribution < -0.4 is 66.3 Å². The second-order valence-corrected chi connectivity index (χ2v) is 25.5. The summed E-state index contributed by atoms with van der Waals surface area (Å²) in [7, 11) is 1.87. The number of carbonyl (C=O) groups is 7. The van der Waals surface area contributed by atoms with Gasteiger partial charge in [-0.25, -0.2) is 10.8 Å². The van der Waals surface area contributed by atoms with Crippen LogP contribution in [0.5, 0.6) is 5.75 Å². The van der Waals surface area contributed by atoms with Gasteiger partial charge in [-0.3, -0.25) is 43.5 Å². The third-order valence-electron chi connectivity index (χ3n) is 18.6. The maximum absolute atomic E-state index is 14.6. The summed E-state index contributed by atoms with van der Waals surface area (Å²) in [5.41, 5.74) is 0.899. The van der Waals surface area contributed by atoms with Crippen LogP contribution in [-0.4, -0.2) is 240 Å². The number of nitrogens with zero attached hydrogens (tertiary/aromatic N) is 5. The quantitative estimate of drug-likeness (QED) is 0.0341. The van der Waals surface area contributed by atoms with Gasteiger partial charge in [0.1, 0.15) is 46.9 Å². The van der Waals surface area contributed by atoms with E-state index in [0.29, 0.717) is 12.0 Å². The topological polar surface area (TPSA) is 406 Å². The maximum Gasteiger partial charge on any atom is 1.00 e.